The highest BCUT2D eigenvalue weighted by Gasteiger charge is 2.11. The lowest BCUT2D eigenvalue weighted by atomic mass is 10.0. The normalized spacial score (nSPS) is 11.3. The lowest BCUT2D eigenvalue weighted by Crippen LogP contribution is -2.16. The van der Waals surface area contributed by atoms with E-state index in [-0.39, 0.29) is 0 Å². The third-order valence-corrected chi connectivity index (χ3v) is 3.36. The second kappa shape index (κ2) is 8.14. The van der Waals surface area contributed by atoms with Gasteiger partial charge in [-0.2, -0.15) is 0 Å². The smallest absolute Gasteiger partial charge is 0.149 e. The zero-order chi connectivity index (χ0) is 14.9. The first-order valence-corrected chi connectivity index (χ1v) is 7.28. The first-order valence-electron chi connectivity index (χ1n) is 7.28. The number of hydrogen-bond acceptors (Lipinski definition) is 2. The Morgan fingerprint density at radius 2 is 1.76 bits per heavy atom. The zero-order valence-electron chi connectivity index (χ0n) is 12.6. The molecule has 0 aromatic heterocycles. The maximum absolute atomic E-state index is 5.83. The van der Waals surface area contributed by atoms with Crippen molar-refractivity contribution in [1.29, 1.82) is 0 Å². The minimum Gasteiger partial charge on any atom is -0.481 e. The van der Waals surface area contributed by atoms with E-state index in [4.69, 9.17) is 4.74 Å². The van der Waals surface area contributed by atoms with Gasteiger partial charge in [0.2, 0.25) is 0 Å². The number of para-hydroxylation sites is 1. The van der Waals surface area contributed by atoms with Crippen LogP contribution in [0, 0.1) is 11.8 Å². The van der Waals surface area contributed by atoms with Crippen molar-refractivity contribution < 1.29 is 4.74 Å². The first kappa shape index (κ1) is 15.2. The standard InChI is InChI=1S/C19H21NO/c1-3-18(20-2)17-13-7-8-14-19(17)21-15-9-12-16-10-5-4-6-11-16/h4-8,10-11,13-14,18,20H,3,15H2,1-2H3. The largest absolute Gasteiger partial charge is 0.481 e. The fourth-order valence-corrected chi connectivity index (χ4v) is 2.25. The molecule has 2 rings (SSSR count). The highest BCUT2D eigenvalue weighted by molar-refractivity contribution is 5.37. The van der Waals surface area contributed by atoms with E-state index in [2.05, 4.69) is 30.1 Å². The molecule has 1 N–H and O–H groups in total. The van der Waals surface area contributed by atoms with Gasteiger partial charge in [0.25, 0.3) is 0 Å². The number of hydrogen-bond donors (Lipinski definition) is 1. The molecule has 0 heterocycles. The molecule has 0 saturated carbocycles. The first-order chi connectivity index (χ1) is 10.3. The molecule has 1 atom stereocenters. The fraction of sp³-hybridized carbons (Fsp3) is 0.263. The van der Waals surface area contributed by atoms with E-state index in [0.717, 1.165) is 17.7 Å². The Morgan fingerprint density at radius 1 is 1.05 bits per heavy atom. The third kappa shape index (κ3) is 4.37. The van der Waals surface area contributed by atoms with Gasteiger partial charge in [-0.15, -0.1) is 0 Å². The predicted octanol–water partition coefficient (Wildman–Crippen LogP) is 3.79. The summed E-state index contributed by atoms with van der Waals surface area (Å²) in [6, 6.07) is 18.4. The van der Waals surface area contributed by atoms with Crippen molar-refractivity contribution in [3.63, 3.8) is 0 Å². The fourth-order valence-electron chi connectivity index (χ4n) is 2.25. The van der Waals surface area contributed by atoms with Crippen molar-refractivity contribution in [3.05, 3.63) is 65.7 Å². The molecule has 108 valence electrons. The average molecular weight is 279 g/mol. The highest BCUT2D eigenvalue weighted by Crippen LogP contribution is 2.26. The lowest BCUT2D eigenvalue weighted by molar-refractivity contribution is 0.359. The van der Waals surface area contributed by atoms with Gasteiger partial charge < -0.3 is 10.1 Å². The van der Waals surface area contributed by atoms with Crippen LogP contribution in [-0.2, 0) is 0 Å². The van der Waals surface area contributed by atoms with Crippen LogP contribution < -0.4 is 10.1 Å². The van der Waals surface area contributed by atoms with Crippen molar-refractivity contribution in [2.75, 3.05) is 13.7 Å². The van der Waals surface area contributed by atoms with Gasteiger partial charge in [-0.05, 0) is 31.7 Å². The molecule has 0 aliphatic rings. The zero-order valence-corrected chi connectivity index (χ0v) is 12.6. The lowest BCUT2D eigenvalue weighted by Gasteiger charge is -2.17. The molecule has 0 radical (unpaired) electrons. The van der Waals surface area contributed by atoms with Gasteiger partial charge >= 0.3 is 0 Å². The monoisotopic (exact) mass is 279 g/mol. The van der Waals surface area contributed by atoms with E-state index < -0.39 is 0 Å². The molecular weight excluding hydrogens is 258 g/mol. The van der Waals surface area contributed by atoms with Gasteiger partial charge in [0.15, 0.2) is 0 Å². The van der Waals surface area contributed by atoms with E-state index in [1.165, 1.54) is 5.56 Å². The molecule has 0 saturated heterocycles. The molecule has 0 aliphatic carbocycles. The summed E-state index contributed by atoms with van der Waals surface area (Å²) in [5.41, 5.74) is 2.19. The summed E-state index contributed by atoms with van der Waals surface area (Å²) in [5.74, 6) is 7.06. The van der Waals surface area contributed by atoms with Gasteiger partial charge in [-0.25, -0.2) is 0 Å². The van der Waals surface area contributed by atoms with Gasteiger partial charge in [-0.3, -0.25) is 0 Å². The maximum atomic E-state index is 5.83. The SMILES string of the molecule is CCC(NC)c1ccccc1OCC#Cc1ccccc1. The quantitative estimate of drug-likeness (QED) is 0.841. The Bertz CT molecular complexity index is 606. The van der Waals surface area contributed by atoms with E-state index in [1.54, 1.807) is 0 Å². The van der Waals surface area contributed by atoms with Crippen LogP contribution in [0.2, 0.25) is 0 Å². The van der Waals surface area contributed by atoms with E-state index in [1.807, 2.05) is 55.6 Å². The van der Waals surface area contributed by atoms with E-state index in [9.17, 15) is 0 Å². The molecule has 2 nitrogen and oxygen atoms in total. The summed E-state index contributed by atoms with van der Waals surface area (Å²) < 4.78 is 5.83. The Hall–Kier alpha value is -2.24. The molecular formula is C19H21NO. The predicted molar refractivity (Wildman–Crippen MR) is 87.3 cm³/mol. The molecule has 0 aliphatic heterocycles. The Labute approximate surface area is 127 Å². The average Bonchev–Trinajstić information content (AvgIpc) is 2.55. The minimum atomic E-state index is 0.309. The summed E-state index contributed by atoms with van der Waals surface area (Å²) in [7, 11) is 1.97. The minimum absolute atomic E-state index is 0.309. The van der Waals surface area contributed by atoms with Crippen molar-refractivity contribution in [3.8, 4) is 17.6 Å². The number of rotatable bonds is 5. The van der Waals surface area contributed by atoms with Crippen molar-refractivity contribution in [1.82, 2.24) is 5.32 Å². The van der Waals surface area contributed by atoms with Crippen LogP contribution in [0.4, 0.5) is 0 Å². The maximum Gasteiger partial charge on any atom is 0.149 e. The van der Waals surface area contributed by atoms with Crippen molar-refractivity contribution >= 4 is 0 Å². The van der Waals surface area contributed by atoms with Gasteiger partial charge in [0.1, 0.15) is 12.4 Å². The highest BCUT2D eigenvalue weighted by atomic mass is 16.5. The summed E-state index contributed by atoms with van der Waals surface area (Å²) in [5, 5.41) is 3.31. The second-order valence-corrected chi connectivity index (χ2v) is 4.74. The van der Waals surface area contributed by atoms with Crippen molar-refractivity contribution in [2.24, 2.45) is 0 Å². The molecule has 0 bridgehead atoms. The van der Waals surface area contributed by atoms with E-state index in [0.29, 0.717) is 12.6 Å². The molecule has 2 heteroatoms. The number of nitrogens with one attached hydrogen (secondary N) is 1. The topological polar surface area (TPSA) is 21.3 Å². The Kier molecular flexibility index (Phi) is 5.87. The van der Waals surface area contributed by atoms with Crippen LogP contribution in [0.5, 0.6) is 5.75 Å². The Morgan fingerprint density at radius 3 is 2.48 bits per heavy atom. The Balaban J connectivity index is 2.02. The van der Waals surface area contributed by atoms with Gasteiger partial charge in [0.05, 0.1) is 0 Å². The third-order valence-electron chi connectivity index (χ3n) is 3.36. The molecule has 2 aromatic carbocycles. The number of benzene rings is 2. The molecule has 0 amide bonds. The van der Waals surface area contributed by atoms with Crippen LogP contribution >= 0.6 is 0 Å². The molecule has 0 spiro atoms. The molecule has 2 aromatic rings. The number of ether oxygens (including phenoxy) is 1. The molecule has 21 heavy (non-hydrogen) atoms. The van der Waals surface area contributed by atoms with Crippen LogP contribution in [0.15, 0.2) is 54.6 Å². The second-order valence-electron chi connectivity index (χ2n) is 4.74. The summed E-state index contributed by atoms with van der Waals surface area (Å²) >= 11 is 0. The van der Waals surface area contributed by atoms with Gasteiger partial charge in [0, 0.05) is 17.2 Å². The summed E-state index contributed by atoms with van der Waals surface area (Å²) in [6.07, 6.45) is 1.02. The van der Waals surface area contributed by atoms with Crippen LogP contribution in [0.25, 0.3) is 0 Å². The summed E-state index contributed by atoms with van der Waals surface area (Å²) in [4.78, 5) is 0. The van der Waals surface area contributed by atoms with Crippen molar-refractivity contribution in [2.45, 2.75) is 19.4 Å². The van der Waals surface area contributed by atoms with Gasteiger partial charge in [-0.1, -0.05) is 55.2 Å². The van der Waals surface area contributed by atoms with E-state index >= 15 is 0 Å². The van der Waals surface area contributed by atoms with Crippen LogP contribution in [0.3, 0.4) is 0 Å². The molecule has 0 fully saturated rings. The summed E-state index contributed by atoms with van der Waals surface area (Å²) in [6.45, 7) is 2.55. The van der Waals surface area contributed by atoms with Crippen LogP contribution in [0.1, 0.15) is 30.5 Å². The van der Waals surface area contributed by atoms with Crippen LogP contribution in [-0.4, -0.2) is 13.7 Å². The molecule has 1 unspecified atom stereocenters.